The lowest BCUT2D eigenvalue weighted by molar-refractivity contribution is 0.0523. The van der Waals surface area contributed by atoms with Crippen LogP contribution in [0.15, 0.2) is 17.1 Å². The summed E-state index contributed by atoms with van der Waals surface area (Å²) in [6.45, 7) is 5.46. The molecule has 0 bridgehead atoms. The Bertz CT molecular complexity index is 788. The number of hydrogen-bond donors (Lipinski definition) is 1. The van der Waals surface area contributed by atoms with E-state index in [9.17, 15) is 14.7 Å². The minimum atomic E-state index is -0.721. The van der Waals surface area contributed by atoms with Crippen LogP contribution in [-0.2, 0) is 4.74 Å². The Hall–Kier alpha value is -1.99. The molecule has 124 valence electrons. The van der Waals surface area contributed by atoms with Gasteiger partial charge >= 0.3 is 5.97 Å². The number of esters is 1. The molecule has 2 heterocycles. The third kappa shape index (κ3) is 3.35. The van der Waals surface area contributed by atoms with Crippen molar-refractivity contribution in [3.05, 3.63) is 33.2 Å². The summed E-state index contributed by atoms with van der Waals surface area (Å²) in [5.74, 6) is -0.681. The molecule has 2 rings (SSSR count). The maximum atomic E-state index is 12.5. The van der Waals surface area contributed by atoms with Crippen LogP contribution in [0, 0.1) is 5.92 Å². The largest absolute Gasteiger partial charge is 0.462 e. The molecular formula is C15H18ClN3O4. The summed E-state index contributed by atoms with van der Waals surface area (Å²) in [4.78, 5) is 24.6. The van der Waals surface area contributed by atoms with Gasteiger partial charge in [0.25, 0.3) is 0 Å². The molecule has 0 aliphatic heterocycles. The van der Waals surface area contributed by atoms with Crippen molar-refractivity contribution in [2.24, 2.45) is 5.92 Å². The van der Waals surface area contributed by atoms with Gasteiger partial charge in [-0.1, -0.05) is 25.4 Å². The van der Waals surface area contributed by atoms with Gasteiger partial charge in [0.05, 0.1) is 24.6 Å². The predicted octanol–water partition coefficient (Wildman–Crippen LogP) is 1.81. The number of halogens is 1. The van der Waals surface area contributed by atoms with E-state index < -0.39 is 11.4 Å². The SMILES string of the molecule is CCOC(=O)c1cn(C(CO)C(C)C)c2nnc(Cl)cc2c1=O. The molecule has 23 heavy (non-hydrogen) atoms. The normalized spacial score (nSPS) is 12.6. The fourth-order valence-electron chi connectivity index (χ4n) is 2.35. The van der Waals surface area contributed by atoms with Crippen LogP contribution in [-0.4, -0.2) is 39.1 Å². The summed E-state index contributed by atoms with van der Waals surface area (Å²) in [5, 5.41) is 17.6. The van der Waals surface area contributed by atoms with Gasteiger partial charge in [0.2, 0.25) is 5.43 Å². The quantitative estimate of drug-likeness (QED) is 0.835. The molecule has 7 nitrogen and oxygen atoms in total. The van der Waals surface area contributed by atoms with Gasteiger partial charge in [0.1, 0.15) is 5.56 Å². The molecule has 0 amide bonds. The number of rotatable bonds is 5. The number of aromatic nitrogens is 3. The third-order valence-electron chi connectivity index (χ3n) is 3.56. The second-order valence-corrected chi connectivity index (χ2v) is 5.79. The highest BCUT2D eigenvalue weighted by Crippen LogP contribution is 2.22. The maximum absolute atomic E-state index is 12.5. The van der Waals surface area contributed by atoms with Crippen molar-refractivity contribution in [2.45, 2.75) is 26.8 Å². The molecule has 8 heteroatoms. The van der Waals surface area contributed by atoms with E-state index in [-0.39, 0.29) is 46.9 Å². The number of hydrogen-bond acceptors (Lipinski definition) is 6. The molecule has 1 N–H and O–H groups in total. The van der Waals surface area contributed by atoms with E-state index in [2.05, 4.69) is 10.2 Å². The van der Waals surface area contributed by atoms with E-state index in [0.717, 1.165) is 0 Å². The maximum Gasteiger partial charge on any atom is 0.343 e. The fourth-order valence-corrected chi connectivity index (χ4v) is 2.50. The van der Waals surface area contributed by atoms with Crippen LogP contribution in [0.5, 0.6) is 0 Å². The van der Waals surface area contributed by atoms with Gasteiger partial charge in [-0.15, -0.1) is 10.2 Å². The number of nitrogens with zero attached hydrogens (tertiary/aromatic N) is 3. The molecule has 0 aromatic carbocycles. The molecule has 0 saturated carbocycles. The van der Waals surface area contributed by atoms with Gasteiger partial charge in [0, 0.05) is 6.20 Å². The van der Waals surface area contributed by atoms with Crippen LogP contribution in [0.1, 0.15) is 37.2 Å². The molecule has 1 atom stereocenters. The lowest BCUT2D eigenvalue weighted by Crippen LogP contribution is -2.26. The Morgan fingerprint density at radius 2 is 2.13 bits per heavy atom. The zero-order valence-corrected chi connectivity index (χ0v) is 13.9. The Morgan fingerprint density at radius 3 is 2.70 bits per heavy atom. The lowest BCUT2D eigenvalue weighted by atomic mass is 10.0. The zero-order chi connectivity index (χ0) is 17.1. The summed E-state index contributed by atoms with van der Waals surface area (Å²) in [7, 11) is 0. The number of fused-ring (bicyclic) bond motifs is 1. The highest BCUT2D eigenvalue weighted by atomic mass is 35.5. The van der Waals surface area contributed by atoms with Crippen LogP contribution < -0.4 is 5.43 Å². The monoisotopic (exact) mass is 339 g/mol. The molecule has 0 aliphatic rings. The van der Waals surface area contributed by atoms with E-state index in [1.54, 1.807) is 11.5 Å². The van der Waals surface area contributed by atoms with Crippen molar-refractivity contribution in [1.82, 2.24) is 14.8 Å². The van der Waals surface area contributed by atoms with Gasteiger partial charge in [-0.05, 0) is 18.9 Å². The average Bonchev–Trinajstić information content (AvgIpc) is 2.50. The highest BCUT2D eigenvalue weighted by molar-refractivity contribution is 6.29. The number of aliphatic hydroxyl groups excluding tert-OH is 1. The van der Waals surface area contributed by atoms with Crippen molar-refractivity contribution >= 4 is 28.6 Å². The van der Waals surface area contributed by atoms with Crippen molar-refractivity contribution in [1.29, 1.82) is 0 Å². The Balaban J connectivity index is 2.82. The molecule has 0 spiro atoms. The van der Waals surface area contributed by atoms with E-state index in [0.29, 0.717) is 0 Å². The topological polar surface area (TPSA) is 94.3 Å². The lowest BCUT2D eigenvalue weighted by Gasteiger charge is -2.23. The molecule has 0 saturated heterocycles. The summed E-state index contributed by atoms with van der Waals surface area (Å²) < 4.78 is 6.51. The van der Waals surface area contributed by atoms with Gasteiger partial charge < -0.3 is 14.4 Å². The van der Waals surface area contributed by atoms with Crippen molar-refractivity contribution < 1.29 is 14.6 Å². The van der Waals surface area contributed by atoms with Gasteiger partial charge in [-0.3, -0.25) is 4.79 Å². The van der Waals surface area contributed by atoms with Crippen molar-refractivity contribution in [2.75, 3.05) is 13.2 Å². The summed E-state index contributed by atoms with van der Waals surface area (Å²) in [6.07, 6.45) is 1.37. The standard InChI is InChI=1S/C15H18ClN3O4/c1-4-23-15(22)10-6-19(11(7-20)8(2)3)14-9(13(10)21)5-12(16)17-18-14/h5-6,8,11,20H,4,7H2,1-3H3. The van der Waals surface area contributed by atoms with Crippen LogP contribution in [0.2, 0.25) is 5.15 Å². The molecular weight excluding hydrogens is 322 g/mol. The zero-order valence-electron chi connectivity index (χ0n) is 13.1. The second-order valence-electron chi connectivity index (χ2n) is 5.40. The summed E-state index contributed by atoms with van der Waals surface area (Å²) in [5.41, 5.74) is -0.380. The van der Waals surface area contributed by atoms with Gasteiger partial charge in [-0.2, -0.15) is 0 Å². The molecule has 0 aliphatic carbocycles. The number of aliphatic hydroxyl groups is 1. The fraction of sp³-hybridized carbons (Fsp3) is 0.467. The minimum Gasteiger partial charge on any atom is -0.462 e. The Labute approximate surface area is 137 Å². The van der Waals surface area contributed by atoms with Crippen molar-refractivity contribution in [3.8, 4) is 0 Å². The first-order valence-corrected chi connectivity index (χ1v) is 7.64. The number of carbonyl (C=O) groups excluding carboxylic acids is 1. The Morgan fingerprint density at radius 1 is 1.43 bits per heavy atom. The van der Waals surface area contributed by atoms with E-state index >= 15 is 0 Å². The number of carbonyl (C=O) groups is 1. The van der Waals surface area contributed by atoms with Crippen LogP contribution in [0.3, 0.4) is 0 Å². The molecule has 0 radical (unpaired) electrons. The number of ether oxygens (including phenoxy) is 1. The summed E-state index contributed by atoms with van der Waals surface area (Å²) >= 11 is 5.82. The second kappa shape index (κ2) is 7.06. The van der Waals surface area contributed by atoms with E-state index in [4.69, 9.17) is 16.3 Å². The molecule has 1 unspecified atom stereocenters. The van der Waals surface area contributed by atoms with Gasteiger partial charge in [0.15, 0.2) is 10.8 Å². The van der Waals surface area contributed by atoms with E-state index in [1.807, 2.05) is 13.8 Å². The van der Waals surface area contributed by atoms with Gasteiger partial charge in [-0.25, -0.2) is 4.79 Å². The van der Waals surface area contributed by atoms with E-state index in [1.165, 1.54) is 12.3 Å². The van der Waals surface area contributed by atoms with Crippen LogP contribution in [0.25, 0.3) is 11.0 Å². The summed E-state index contributed by atoms with van der Waals surface area (Å²) in [6, 6.07) is 0.988. The van der Waals surface area contributed by atoms with Crippen molar-refractivity contribution in [3.63, 3.8) is 0 Å². The molecule has 2 aromatic heterocycles. The van der Waals surface area contributed by atoms with Crippen LogP contribution in [0.4, 0.5) is 0 Å². The number of pyridine rings is 1. The smallest absolute Gasteiger partial charge is 0.343 e. The minimum absolute atomic E-state index is 0.0400. The first-order valence-electron chi connectivity index (χ1n) is 7.26. The Kier molecular flexibility index (Phi) is 5.33. The first-order chi connectivity index (χ1) is 10.9. The molecule has 0 fully saturated rings. The first kappa shape index (κ1) is 17.4. The third-order valence-corrected chi connectivity index (χ3v) is 3.74. The average molecular weight is 340 g/mol. The molecule has 2 aromatic rings. The predicted molar refractivity (Wildman–Crippen MR) is 85.7 cm³/mol. The van der Waals surface area contributed by atoms with Crippen LogP contribution >= 0.6 is 11.6 Å². The highest BCUT2D eigenvalue weighted by Gasteiger charge is 2.23.